The van der Waals surface area contributed by atoms with E-state index in [1.165, 1.54) is 25.7 Å². The summed E-state index contributed by atoms with van der Waals surface area (Å²) in [6.45, 7) is 20.7. The second-order valence-electron chi connectivity index (χ2n) is 14.8. The fourth-order valence-electron chi connectivity index (χ4n) is 8.28. The van der Waals surface area contributed by atoms with Crippen LogP contribution < -0.4 is 9.47 Å². The highest BCUT2D eigenvalue weighted by Crippen LogP contribution is 2.59. The number of β-amino-alcohol motifs (C(OH)–C–C–N with tert-alkyl or cyclic N) is 2. The Hall–Kier alpha value is -1.34. The third-order valence-corrected chi connectivity index (χ3v) is 12.0. The normalized spacial score (nSPS) is 35.7. The zero-order valence-corrected chi connectivity index (χ0v) is 24.7. The first-order valence-corrected chi connectivity index (χ1v) is 15.0. The van der Waals surface area contributed by atoms with Crippen molar-refractivity contribution < 1.29 is 19.7 Å². The molecule has 0 amide bonds. The summed E-state index contributed by atoms with van der Waals surface area (Å²) >= 11 is 0. The van der Waals surface area contributed by atoms with E-state index >= 15 is 0 Å². The van der Waals surface area contributed by atoms with E-state index < -0.39 is 12.2 Å². The van der Waals surface area contributed by atoms with Gasteiger partial charge in [-0.1, -0.05) is 41.5 Å². The van der Waals surface area contributed by atoms with Crippen molar-refractivity contribution >= 4 is 0 Å². The third kappa shape index (κ3) is 5.23. The van der Waals surface area contributed by atoms with Crippen LogP contribution in [-0.2, 0) is 0 Å². The molecule has 4 aliphatic rings. The van der Waals surface area contributed by atoms with Gasteiger partial charge in [-0.05, 0) is 83.4 Å². The Morgan fingerprint density at radius 2 is 1.08 bits per heavy atom. The van der Waals surface area contributed by atoms with Crippen molar-refractivity contribution in [1.29, 1.82) is 0 Å². The van der Waals surface area contributed by atoms with Gasteiger partial charge in [0.1, 0.15) is 36.9 Å². The molecule has 2 N–H and O–H groups in total. The Kier molecular flexibility index (Phi) is 7.60. The number of ether oxygens (including phenoxy) is 2. The standard InChI is InChI=1S/C32H52N2O4/c1-29(2)23-11-13-31(29,5)21-33(15-23)17-25(35)19-37-27-7-9-28(10-8-27)38-20-26(36)18-34-16-24-12-14-32(6,22-34)30(24,3)4/h7-10,23-26,35-36H,11-22H2,1-6H3/t23-,24-,25-,26+,31+,32-/m0/s1. The highest BCUT2D eigenvalue weighted by atomic mass is 16.5. The molecule has 2 aliphatic heterocycles. The summed E-state index contributed by atoms with van der Waals surface area (Å²) in [5.74, 6) is 2.88. The van der Waals surface area contributed by atoms with E-state index in [1.54, 1.807) is 0 Å². The topological polar surface area (TPSA) is 65.4 Å². The maximum absolute atomic E-state index is 10.7. The quantitative estimate of drug-likeness (QED) is 0.460. The second kappa shape index (κ2) is 10.2. The van der Waals surface area contributed by atoms with Gasteiger partial charge in [0.05, 0.1) is 0 Å². The van der Waals surface area contributed by atoms with E-state index in [4.69, 9.17) is 9.47 Å². The van der Waals surface area contributed by atoms with Crippen LogP contribution in [0.3, 0.4) is 0 Å². The SMILES string of the molecule is CC1(C)[C@H]2CC[C@@]1(C)CN(C[C@@H](O)COc1ccc(OC[C@@H](O)CN3C[C@@H]4CC[C@](C)(C3)C4(C)C)cc1)C2. The molecule has 2 aliphatic carbocycles. The molecule has 6 nitrogen and oxygen atoms in total. The molecule has 6 atom stereocenters. The molecule has 38 heavy (non-hydrogen) atoms. The van der Waals surface area contributed by atoms with Gasteiger partial charge in [0, 0.05) is 39.3 Å². The Bertz CT molecular complexity index is 888. The van der Waals surface area contributed by atoms with Crippen LogP contribution in [0.2, 0.25) is 0 Å². The molecule has 0 radical (unpaired) electrons. The number of fused-ring (bicyclic) bond motifs is 4. The molecule has 0 spiro atoms. The minimum absolute atomic E-state index is 0.284. The van der Waals surface area contributed by atoms with Crippen molar-refractivity contribution in [1.82, 2.24) is 9.80 Å². The van der Waals surface area contributed by atoms with Crippen LogP contribution in [0.4, 0.5) is 0 Å². The maximum Gasteiger partial charge on any atom is 0.119 e. The molecular weight excluding hydrogens is 476 g/mol. The molecule has 0 aromatic heterocycles. The van der Waals surface area contributed by atoms with Crippen LogP contribution in [0.5, 0.6) is 11.5 Å². The lowest BCUT2D eigenvalue weighted by Crippen LogP contribution is -2.54. The van der Waals surface area contributed by atoms with E-state index in [9.17, 15) is 10.2 Å². The van der Waals surface area contributed by atoms with Crippen molar-refractivity contribution in [2.45, 2.75) is 79.4 Å². The Morgan fingerprint density at radius 3 is 1.42 bits per heavy atom. The van der Waals surface area contributed by atoms with Gasteiger partial charge < -0.3 is 19.7 Å². The van der Waals surface area contributed by atoms with Gasteiger partial charge in [-0.15, -0.1) is 0 Å². The first-order valence-electron chi connectivity index (χ1n) is 15.0. The summed E-state index contributed by atoms with van der Waals surface area (Å²) in [5.41, 5.74) is 1.44. The number of hydrogen-bond acceptors (Lipinski definition) is 6. The number of rotatable bonds is 10. The maximum atomic E-state index is 10.7. The summed E-state index contributed by atoms with van der Waals surface area (Å²) in [6, 6.07) is 7.52. The predicted molar refractivity (Wildman–Crippen MR) is 152 cm³/mol. The van der Waals surface area contributed by atoms with Gasteiger partial charge in [0.2, 0.25) is 0 Å². The van der Waals surface area contributed by atoms with Gasteiger partial charge in [-0.25, -0.2) is 0 Å². The van der Waals surface area contributed by atoms with Crippen molar-refractivity contribution in [3.8, 4) is 11.5 Å². The lowest BCUT2D eigenvalue weighted by Gasteiger charge is -2.50. The van der Waals surface area contributed by atoms with Gasteiger partial charge in [-0.2, -0.15) is 0 Å². The van der Waals surface area contributed by atoms with Crippen LogP contribution in [0.15, 0.2) is 24.3 Å². The first-order chi connectivity index (χ1) is 17.8. The smallest absolute Gasteiger partial charge is 0.119 e. The molecule has 214 valence electrons. The van der Waals surface area contributed by atoms with E-state index in [0.717, 1.165) is 37.7 Å². The molecule has 0 unspecified atom stereocenters. The summed E-state index contributed by atoms with van der Waals surface area (Å²) in [5, 5.41) is 21.3. The Labute approximate surface area is 230 Å². The summed E-state index contributed by atoms with van der Waals surface area (Å²) in [6.07, 6.45) is 4.15. The van der Waals surface area contributed by atoms with E-state index in [0.29, 0.717) is 46.6 Å². The Morgan fingerprint density at radius 1 is 0.711 bits per heavy atom. The van der Waals surface area contributed by atoms with E-state index in [-0.39, 0.29) is 13.2 Å². The first kappa shape index (κ1) is 28.2. The zero-order valence-electron chi connectivity index (χ0n) is 24.7. The minimum atomic E-state index is -0.511. The fraction of sp³-hybridized carbons (Fsp3) is 0.812. The molecule has 2 saturated carbocycles. The fourth-order valence-corrected chi connectivity index (χ4v) is 8.28. The van der Waals surface area contributed by atoms with Crippen molar-refractivity contribution in [3.63, 3.8) is 0 Å². The van der Waals surface area contributed by atoms with Crippen LogP contribution in [0, 0.1) is 33.5 Å². The number of aliphatic hydroxyl groups is 2. The second-order valence-corrected chi connectivity index (χ2v) is 14.8. The molecular formula is C32H52N2O4. The van der Waals surface area contributed by atoms with Crippen molar-refractivity contribution in [2.75, 3.05) is 52.5 Å². The zero-order chi connectivity index (χ0) is 27.3. The molecule has 2 heterocycles. The summed E-state index contributed by atoms with van der Waals surface area (Å²) < 4.78 is 11.8. The largest absolute Gasteiger partial charge is 0.491 e. The summed E-state index contributed by atoms with van der Waals surface area (Å²) in [7, 11) is 0. The number of benzene rings is 1. The van der Waals surface area contributed by atoms with Gasteiger partial charge >= 0.3 is 0 Å². The Balaban J connectivity index is 1.02. The van der Waals surface area contributed by atoms with E-state index in [1.807, 2.05) is 24.3 Å². The van der Waals surface area contributed by atoms with Gasteiger partial charge in [-0.3, -0.25) is 9.80 Å². The van der Waals surface area contributed by atoms with Gasteiger partial charge in [0.15, 0.2) is 0 Å². The highest BCUT2D eigenvalue weighted by molar-refractivity contribution is 5.31. The number of likely N-dealkylation sites (tertiary alicyclic amines) is 2. The third-order valence-electron chi connectivity index (χ3n) is 12.0. The molecule has 6 heteroatoms. The molecule has 5 rings (SSSR count). The van der Waals surface area contributed by atoms with Crippen LogP contribution in [0.25, 0.3) is 0 Å². The minimum Gasteiger partial charge on any atom is -0.491 e. The van der Waals surface area contributed by atoms with Gasteiger partial charge in [0.25, 0.3) is 0 Å². The monoisotopic (exact) mass is 528 g/mol. The van der Waals surface area contributed by atoms with Crippen LogP contribution >= 0.6 is 0 Å². The van der Waals surface area contributed by atoms with Crippen molar-refractivity contribution in [3.05, 3.63) is 24.3 Å². The van der Waals surface area contributed by atoms with E-state index in [2.05, 4.69) is 51.3 Å². The molecule has 2 saturated heterocycles. The summed E-state index contributed by atoms with van der Waals surface area (Å²) in [4.78, 5) is 4.88. The highest BCUT2D eigenvalue weighted by Gasteiger charge is 2.56. The number of nitrogens with zero attached hydrogens (tertiary/aromatic N) is 2. The number of hydrogen-bond donors (Lipinski definition) is 2. The molecule has 1 aromatic rings. The lowest BCUT2D eigenvalue weighted by molar-refractivity contribution is -0.0381. The molecule has 4 bridgehead atoms. The average Bonchev–Trinajstić information content (AvgIpc) is 3.05. The van der Waals surface area contributed by atoms with Crippen molar-refractivity contribution in [2.24, 2.45) is 33.5 Å². The average molecular weight is 529 g/mol. The van der Waals surface area contributed by atoms with Crippen LogP contribution in [0.1, 0.15) is 67.2 Å². The molecule has 1 aromatic carbocycles. The molecule has 4 fully saturated rings. The predicted octanol–water partition coefficient (Wildman–Crippen LogP) is 4.68. The lowest BCUT2D eigenvalue weighted by atomic mass is 9.63. The number of aliphatic hydroxyl groups excluding tert-OH is 2. The number of piperidine rings is 2. The van der Waals surface area contributed by atoms with Crippen LogP contribution in [-0.4, -0.2) is 84.7 Å².